The highest BCUT2D eigenvalue weighted by molar-refractivity contribution is 5.98. The van der Waals surface area contributed by atoms with Crippen LogP contribution in [0, 0.1) is 5.82 Å². The van der Waals surface area contributed by atoms with Crippen molar-refractivity contribution in [2.45, 2.75) is 12.8 Å². The third-order valence-corrected chi connectivity index (χ3v) is 2.40. The number of hydrogen-bond acceptors (Lipinski definition) is 4. The number of halogens is 1. The maximum Gasteiger partial charge on any atom is 0.224 e. The fourth-order valence-corrected chi connectivity index (χ4v) is 1.42. The molecule has 19 heavy (non-hydrogen) atoms. The van der Waals surface area contributed by atoms with Gasteiger partial charge in [0.25, 0.3) is 0 Å². The standard InChI is InChI=1S/C12H16FN3O3/c1-19-6-2-3-11(17)15-10-5-4-8(7-9(10)13)12(14)16-18/h4-5,7,18H,2-3,6H2,1H3,(H2,14,16)(H,15,17). The fourth-order valence-electron chi connectivity index (χ4n) is 1.42. The van der Waals surface area contributed by atoms with Crippen LogP contribution in [-0.4, -0.2) is 30.7 Å². The molecule has 0 spiro atoms. The number of anilines is 1. The van der Waals surface area contributed by atoms with Gasteiger partial charge in [0.15, 0.2) is 5.84 Å². The number of methoxy groups -OCH3 is 1. The summed E-state index contributed by atoms with van der Waals surface area (Å²) in [6.07, 6.45) is 0.807. The van der Waals surface area contributed by atoms with Gasteiger partial charge in [-0.2, -0.15) is 0 Å². The van der Waals surface area contributed by atoms with Crippen molar-refractivity contribution in [3.63, 3.8) is 0 Å². The van der Waals surface area contributed by atoms with Gasteiger partial charge in [-0.05, 0) is 24.6 Å². The summed E-state index contributed by atoms with van der Waals surface area (Å²) in [5, 5.41) is 13.7. The topological polar surface area (TPSA) is 96.9 Å². The minimum atomic E-state index is -0.649. The van der Waals surface area contributed by atoms with Crippen LogP contribution >= 0.6 is 0 Å². The Labute approximate surface area is 110 Å². The normalized spacial score (nSPS) is 11.4. The highest BCUT2D eigenvalue weighted by Crippen LogP contribution is 2.16. The van der Waals surface area contributed by atoms with E-state index in [2.05, 4.69) is 10.5 Å². The zero-order chi connectivity index (χ0) is 14.3. The number of amidine groups is 1. The second kappa shape index (κ2) is 7.32. The van der Waals surface area contributed by atoms with Crippen LogP contribution in [0.25, 0.3) is 0 Å². The summed E-state index contributed by atoms with van der Waals surface area (Å²) >= 11 is 0. The Hall–Kier alpha value is -2.15. The second-order valence-electron chi connectivity index (χ2n) is 3.82. The quantitative estimate of drug-likeness (QED) is 0.238. The van der Waals surface area contributed by atoms with Gasteiger partial charge in [-0.15, -0.1) is 0 Å². The molecule has 6 nitrogen and oxygen atoms in total. The number of nitrogens with one attached hydrogen (secondary N) is 1. The largest absolute Gasteiger partial charge is 0.409 e. The lowest BCUT2D eigenvalue weighted by Gasteiger charge is -2.07. The van der Waals surface area contributed by atoms with E-state index in [0.29, 0.717) is 13.0 Å². The van der Waals surface area contributed by atoms with Crippen LogP contribution in [0.1, 0.15) is 18.4 Å². The minimum absolute atomic E-state index is 0.0527. The molecular weight excluding hydrogens is 253 g/mol. The number of ether oxygens (including phenoxy) is 1. The van der Waals surface area contributed by atoms with Gasteiger partial charge in [-0.25, -0.2) is 4.39 Å². The molecule has 0 unspecified atom stereocenters. The molecule has 0 saturated heterocycles. The molecule has 7 heteroatoms. The lowest BCUT2D eigenvalue weighted by atomic mass is 10.1. The summed E-state index contributed by atoms with van der Waals surface area (Å²) in [5.74, 6) is -1.14. The number of rotatable bonds is 6. The highest BCUT2D eigenvalue weighted by Gasteiger charge is 2.09. The molecule has 0 bridgehead atoms. The molecule has 0 aliphatic heterocycles. The van der Waals surface area contributed by atoms with Gasteiger partial charge in [0.2, 0.25) is 5.91 Å². The van der Waals surface area contributed by atoms with Crippen molar-refractivity contribution in [3.8, 4) is 0 Å². The number of carbonyl (C=O) groups is 1. The number of nitrogens with two attached hydrogens (primary N) is 1. The minimum Gasteiger partial charge on any atom is -0.409 e. The average molecular weight is 269 g/mol. The van der Waals surface area contributed by atoms with E-state index in [1.807, 2.05) is 0 Å². The zero-order valence-electron chi connectivity index (χ0n) is 10.5. The van der Waals surface area contributed by atoms with Crippen molar-refractivity contribution < 1.29 is 19.1 Å². The highest BCUT2D eigenvalue weighted by atomic mass is 19.1. The van der Waals surface area contributed by atoms with E-state index in [0.717, 1.165) is 6.07 Å². The van der Waals surface area contributed by atoms with Crippen LogP contribution in [0.2, 0.25) is 0 Å². The van der Waals surface area contributed by atoms with E-state index in [1.165, 1.54) is 12.1 Å². The van der Waals surface area contributed by atoms with Crippen LogP contribution in [0.3, 0.4) is 0 Å². The van der Waals surface area contributed by atoms with Gasteiger partial charge in [-0.3, -0.25) is 4.79 Å². The Morgan fingerprint density at radius 2 is 2.32 bits per heavy atom. The Bertz CT molecular complexity index is 477. The molecule has 104 valence electrons. The first kappa shape index (κ1) is 14.9. The van der Waals surface area contributed by atoms with E-state index < -0.39 is 5.82 Å². The average Bonchev–Trinajstić information content (AvgIpc) is 2.40. The van der Waals surface area contributed by atoms with Gasteiger partial charge in [0, 0.05) is 25.7 Å². The van der Waals surface area contributed by atoms with Crippen LogP contribution in [0.5, 0.6) is 0 Å². The Balaban J connectivity index is 2.67. The number of amides is 1. The van der Waals surface area contributed by atoms with Crippen molar-refractivity contribution in [2.75, 3.05) is 19.0 Å². The molecule has 0 radical (unpaired) electrons. The lowest BCUT2D eigenvalue weighted by molar-refractivity contribution is -0.116. The number of hydrogen-bond donors (Lipinski definition) is 3. The molecule has 0 aromatic heterocycles. The fraction of sp³-hybridized carbons (Fsp3) is 0.333. The second-order valence-corrected chi connectivity index (χ2v) is 3.82. The SMILES string of the molecule is COCCCC(=O)Nc1ccc(/C(N)=N/O)cc1F. The molecule has 1 amide bonds. The molecule has 0 fully saturated rings. The van der Waals surface area contributed by atoms with Crippen LogP contribution in [0.15, 0.2) is 23.4 Å². The van der Waals surface area contributed by atoms with Crippen LogP contribution < -0.4 is 11.1 Å². The lowest BCUT2D eigenvalue weighted by Crippen LogP contribution is -2.16. The Morgan fingerprint density at radius 3 is 2.89 bits per heavy atom. The first-order chi connectivity index (χ1) is 9.08. The van der Waals surface area contributed by atoms with Crippen molar-refractivity contribution in [3.05, 3.63) is 29.6 Å². The smallest absolute Gasteiger partial charge is 0.224 e. The third kappa shape index (κ3) is 4.55. The van der Waals surface area contributed by atoms with E-state index in [1.54, 1.807) is 7.11 Å². The van der Waals surface area contributed by atoms with E-state index in [9.17, 15) is 9.18 Å². The third-order valence-electron chi connectivity index (χ3n) is 2.40. The maximum absolute atomic E-state index is 13.7. The van der Waals surface area contributed by atoms with E-state index >= 15 is 0 Å². The number of oxime groups is 1. The molecule has 4 N–H and O–H groups in total. The summed E-state index contributed by atoms with van der Waals surface area (Å²) in [6, 6.07) is 3.89. The maximum atomic E-state index is 13.7. The summed E-state index contributed by atoms with van der Waals surface area (Å²) in [4.78, 5) is 11.5. The summed E-state index contributed by atoms with van der Waals surface area (Å²) in [6.45, 7) is 0.471. The zero-order valence-corrected chi connectivity index (χ0v) is 10.5. The summed E-state index contributed by atoms with van der Waals surface area (Å²) in [5.41, 5.74) is 5.61. The molecule has 0 atom stereocenters. The molecule has 0 aliphatic rings. The number of benzene rings is 1. The number of nitrogens with zero attached hydrogens (tertiary/aromatic N) is 1. The number of carbonyl (C=O) groups excluding carboxylic acids is 1. The molecule has 0 saturated carbocycles. The van der Waals surface area contributed by atoms with E-state index in [-0.39, 0.29) is 29.4 Å². The monoisotopic (exact) mass is 269 g/mol. The first-order valence-electron chi connectivity index (χ1n) is 5.64. The van der Waals surface area contributed by atoms with Crippen molar-refractivity contribution >= 4 is 17.4 Å². The Morgan fingerprint density at radius 1 is 1.58 bits per heavy atom. The molecule has 1 aromatic carbocycles. The van der Waals surface area contributed by atoms with Gasteiger partial charge >= 0.3 is 0 Å². The van der Waals surface area contributed by atoms with Crippen molar-refractivity contribution in [1.82, 2.24) is 0 Å². The van der Waals surface area contributed by atoms with Crippen molar-refractivity contribution in [1.29, 1.82) is 0 Å². The summed E-state index contributed by atoms with van der Waals surface area (Å²) in [7, 11) is 1.55. The van der Waals surface area contributed by atoms with Crippen LogP contribution in [-0.2, 0) is 9.53 Å². The summed E-state index contributed by atoms with van der Waals surface area (Å²) < 4.78 is 18.5. The van der Waals surface area contributed by atoms with Gasteiger partial charge < -0.3 is 21.0 Å². The predicted molar refractivity (Wildman–Crippen MR) is 68.7 cm³/mol. The molecular formula is C12H16FN3O3. The van der Waals surface area contributed by atoms with Gasteiger partial charge in [-0.1, -0.05) is 5.16 Å². The Kier molecular flexibility index (Phi) is 5.74. The molecule has 1 rings (SSSR count). The first-order valence-corrected chi connectivity index (χ1v) is 5.64. The van der Waals surface area contributed by atoms with Gasteiger partial charge in [0.1, 0.15) is 5.82 Å². The van der Waals surface area contributed by atoms with Crippen molar-refractivity contribution in [2.24, 2.45) is 10.9 Å². The predicted octanol–water partition coefficient (Wildman–Crippen LogP) is 1.29. The van der Waals surface area contributed by atoms with Gasteiger partial charge in [0.05, 0.1) is 5.69 Å². The molecule has 0 heterocycles. The van der Waals surface area contributed by atoms with Crippen LogP contribution in [0.4, 0.5) is 10.1 Å². The molecule has 0 aliphatic carbocycles. The molecule has 1 aromatic rings. The van der Waals surface area contributed by atoms with E-state index in [4.69, 9.17) is 15.7 Å².